The van der Waals surface area contributed by atoms with Gasteiger partial charge in [0.05, 0.1) is 4.92 Å². The van der Waals surface area contributed by atoms with Crippen molar-refractivity contribution in [1.29, 1.82) is 0 Å². The first-order valence-corrected chi connectivity index (χ1v) is 7.89. The summed E-state index contributed by atoms with van der Waals surface area (Å²) >= 11 is 0. The summed E-state index contributed by atoms with van der Waals surface area (Å²) in [6.07, 6.45) is 2.03. The van der Waals surface area contributed by atoms with Crippen LogP contribution >= 0.6 is 0 Å². The first-order valence-electron chi connectivity index (χ1n) is 7.89. The molecule has 9 nitrogen and oxygen atoms in total. The molecular formula is C16H20N3O6-. The molecule has 2 amide bonds. The van der Waals surface area contributed by atoms with Crippen molar-refractivity contribution in [2.45, 2.75) is 39.0 Å². The molecule has 0 aliphatic carbocycles. The summed E-state index contributed by atoms with van der Waals surface area (Å²) < 4.78 is 0. The second kappa shape index (κ2) is 10.0. The number of carbonyl (C=O) groups excluding carboxylic acids is 3. The van der Waals surface area contributed by atoms with Crippen LogP contribution in [0.25, 0.3) is 0 Å². The quantitative estimate of drug-likeness (QED) is 0.496. The Morgan fingerprint density at radius 3 is 2.52 bits per heavy atom. The lowest BCUT2D eigenvalue weighted by molar-refractivity contribution is -0.384. The number of nitro groups is 1. The number of carbonyl (C=O) groups is 3. The van der Waals surface area contributed by atoms with Crippen molar-refractivity contribution >= 4 is 23.5 Å². The van der Waals surface area contributed by atoms with E-state index in [-0.39, 0.29) is 24.1 Å². The molecule has 136 valence electrons. The van der Waals surface area contributed by atoms with Gasteiger partial charge in [-0.15, -0.1) is 0 Å². The predicted octanol–water partition coefficient (Wildman–Crippen LogP) is 0.692. The number of benzene rings is 1. The molecule has 0 aromatic heterocycles. The lowest BCUT2D eigenvalue weighted by Gasteiger charge is -2.17. The molecule has 0 aliphatic heterocycles. The Bertz CT molecular complexity index is 647. The molecule has 1 aromatic rings. The van der Waals surface area contributed by atoms with Crippen molar-refractivity contribution in [3.8, 4) is 0 Å². The predicted molar refractivity (Wildman–Crippen MR) is 86.0 cm³/mol. The Labute approximate surface area is 144 Å². The Kier molecular flexibility index (Phi) is 8.04. The van der Waals surface area contributed by atoms with Gasteiger partial charge in [-0.1, -0.05) is 25.8 Å². The summed E-state index contributed by atoms with van der Waals surface area (Å²) in [5, 5.41) is 21.7. The van der Waals surface area contributed by atoms with E-state index in [1.54, 1.807) is 0 Å². The van der Waals surface area contributed by atoms with Crippen molar-refractivity contribution < 1.29 is 24.4 Å². The molecule has 0 radical (unpaired) electrons. The van der Waals surface area contributed by atoms with Crippen LogP contribution in [0.5, 0.6) is 0 Å². The highest BCUT2D eigenvalue weighted by atomic mass is 16.6. The fraction of sp³-hybridized carbons (Fsp3) is 0.438. The van der Waals surface area contributed by atoms with Gasteiger partial charge in [-0.3, -0.25) is 30.6 Å². The number of carboxylic acid groups (broad SMARTS) is 1. The molecule has 1 aromatic carbocycles. The van der Waals surface area contributed by atoms with Crippen LogP contribution < -0.4 is 16.0 Å². The Balaban J connectivity index is 2.47. The molecule has 1 atom stereocenters. The number of amides is 2. The standard InChI is InChI=1S/C16H21N3O6/c1-2-3-5-11(16(22)23)8-9-14(20)17-18-15(21)12-6-4-7-13(10-12)19(24)25/h4,6-7,10-11H,2-3,5,8-9H2,1H3,(H,17,20)(H,18,21)(H,22,23)/p-1/t11-/m0/s1. The first kappa shape index (κ1) is 20.1. The normalized spacial score (nSPS) is 11.4. The van der Waals surface area contributed by atoms with E-state index in [1.165, 1.54) is 18.2 Å². The zero-order valence-electron chi connectivity index (χ0n) is 13.8. The second-order valence-corrected chi connectivity index (χ2v) is 5.51. The third kappa shape index (κ3) is 6.98. The van der Waals surface area contributed by atoms with E-state index >= 15 is 0 Å². The number of hydrazine groups is 1. The van der Waals surface area contributed by atoms with Crippen molar-refractivity contribution in [1.82, 2.24) is 10.9 Å². The number of non-ortho nitro benzene ring substituents is 1. The van der Waals surface area contributed by atoms with Crippen LogP contribution in [-0.4, -0.2) is 22.7 Å². The average molecular weight is 350 g/mol. The molecule has 0 fully saturated rings. The van der Waals surface area contributed by atoms with E-state index in [4.69, 9.17) is 0 Å². The molecule has 0 heterocycles. The molecule has 2 N–H and O–H groups in total. The summed E-state index contributed by atoms with van der Waals surface area (Å²) in [5.41, 5.74) is 4.07. The summed E-state index contributed by atoms with van der Waals surface area (Å²) in [7, 11) is 0. The molecule has 9 heteroatoms. The Morgan fingerprint density at radius 1 is 1.20 bits per heavy atom. The minimum atomic E-state index is -1.19. The number of nitro benzene ring substituents is 1. The summed E-state index contributed by atoms with van der Waals surface area (Å²) in [5.74, 6) is -3.17. The number of hydrogen-bond acceptors (Lipinski definition) is 6. The minimum Gasteiger partial charge on any atom is -0.550 e. The van der Waals surface area contributed by atoms with Gasteiger partial charge >= 0.3 is 0 Å². The van der Waals surface area contributed by atoms with Crippen LogP contribution in [0.15, 0.2) is 24.3 Å². The van der Waals surface area contributed by atoms with Crippen LogP contribution in [0.4, 0.5) is 5.69 Å². The monoisotopic (exact) mass is 350 g/mol. The molecule has 0 bridgehead atoms. The highest BCUT2D eigenvalue weighted by molar-refractivity contribution is 5.95. The fourth-order valence-corrected chi connectivity index (χ4v) is 2.16. The van der Waals surface area contributed by atoms with Gasteiger partial charge in [-0.25, -0.2) is 0 Å². The van der Waals surface area contributed by atoms with E-state index in [1.807, 2.05) is 6.92 Å². The van der Waals surface area contributed by atoms with E-state index < -0.39 is 28.6 Å². The smallest absolute Gasteiger partial charge is 0.270 e. The van der Waals surface area contributed by atoms with Gasteiger partial charge in [0.2, 0.25) is 5.91 Å². The number of aliphatic carboxylic acids is 1. The maximum atomic E-state index is 11.9. The van der Waals surface area contributed by atoms with Gasteiger partial charge in [0, 0.05) is 30.1 Å². The fourth-order valence-electron chi connectivity index (χ4n) is 2.16. The molecule has 25 heavy (non-hydrogen) atoms. The lowest BCUT2D eigenvalue weighted by atomic mass is 9.97. The molecule has 0 unspecified atom stereocenters. The molecule has 0 saturated carbocycles. The van der Waals surface area contributed by atoms with Crippen LogP contribution in [0, 0.1) is 16.0 Å². The van der Waals surface area contributed by atoms with E-state index in [0.29, 0.717) is 6.42 Å². The van der Waals surface area contributed by atoms with Crippen LogP contribution in [0.3, 0.4) is 0 Å². The zero-order valence-corrected chi connectivity index (χ0v) is 13.8. The molecule has 0 saturated heterocycles. The van der Waals surface area contributed by atoms with Crippen LogP contribution in [0.1, 0.15) is 49.4 Å². The van der Waals surface area contributed by atoms with E-state index in [9.17, 15) is 29.6 Å². The number of hydrogen-bond donors (Lipinski definition) is 2. The molecule has 1 rings (SSSR count). The van der Waals surface area contributed by atoms with Gasteiger partial charge < -0.3 is 9.90 Å². The van der Waals surface area contributed by atoms with Crippen molar-refractivity contribution in [3.63, 3.8) is 0 Å². The minimum absolute atomic E-state index is 0.0186. The third-order valence-corrected chi connectivity index (χ3v) is 3.59. The maximum Gasteiger partial charge on any atom is 0.270 e. The number of carboxylic acids is 1. The summed E-state index contributed by atoms with van der Waals surface area (Å²) in [4.78, 5) is 44.6. The largest absolute Gasteiger partial charge is 0.550 e. The number of rotatable bonds is 9. The summed E-state index contributed by atoms with van der Waals surface area (Å²) in [6, 6.07) is 5.04. The third-order valence-electron chi connectivity index (χ3n) is 3.59. The Morgan fingerprint density at radius 2 is 1.92 bits per heavy atom. The second-order valence-electron chi connectivity index (χ2n) is 5.51. The SMILES string of the molecule is CCCC[C@@H](CCC(=O)NNC(=O)c1cccc([N+](=O)[O-])c1)C(=O)[O-]. The Hall–Kier alpha value is -2.97. The van der Waals surface area contributed by atoms with Crippen molar-refractivity contribution in [2.75, 3.05) is 0 Å². The van der Waals surface area contributed by atoms with Gasteiger partial charge in [-0.2, -0.15) is 0 Å². The number of nitrogens with one attached hydrogen (secondary N) is 2. The molecular weight excluding hydrogens is 330 g/mol. The van der Waals surface area contributed by atoms with Crippen molar-refractivity contribution in [3.05, 3.63) is 39.9 Å². The van der Waals surface area contributed by atoms with Crippen LogP contribution in [-0.2, 0) is 9.59 Å². The highest BCUT2D eigenvalue weighted by Crippen LogP contribution is 2.14. The highest BCUT2D eigenvalue weighted by Gasteiger charge is 2.14. The van der Waals surface area contributed by atoms with Gasteiger partial charge in [0.25, 0.3) is 11.6 Å². The molecule has 0 spiro atoms. The van der Waals surface area contributed by atoms with Crippen molar-refractivity contribution in [2.24, 2.45) is 5.92 Å². The average Bonchev–Trinajstić information content (AvgIpc) is 2.59. The topological polar surface area (TPSA) is 141 Å². The molecule has 0 aliphatic rings. The van der Waals surface area contributed by atoms with Gasteiger partial charge in [0.15, 0.2) is 0 Å². The summed E-state index contributed by atoms with van der Waals surface area (Å²) in [6.45, 7) is 1.93. The maximum absolute atomic E-state index is 11.9. The van der Waals surface area contributed by atoms with Gasteiger partial charge in [-0.05, 0) is 24.8 Å². The van der Waals surface area contributed by atoms with Crippen LogP contribution in [0.2, 0.25) is 0 Å². The van der Waals surface area contributed by atoms with E-state index in [2.05, 4.69) is 10.9 Å². The van der Waals surface area contributed by atoms with E-state index in [0.717, 1.165) is 18.9 Å². The number of unbranched alkanes of at least 4 members (excludes halogenated alkanes) is 1. The lowest BCUT2D eigenvalue weighted by Crippen LogP contribution is -2.42. The first-order chi connectivity index (χ1) is 11.8. The van der Waals surface area contributed by atoms with Gasteiger partial charge in [0.1, 0.15) is 0 Å². The number of nitrogens with zero attached hydrogens (tertiary/aromatic N) is 1. The zero-order chi connectivity index (χ0) is 18.8.